The number of nitrogens with zero attached hydrogens (tertiary/aromatic N) is 5. The van der Waals surface area contributed by atoms with Gasteiger partial charge in [-0.05, 0) is 18.6 Å². The van der Waals surface area contributed by atoms with E-state index in [1.807, 2.05) is 0 Å². The number of carboxylic acid groups (broad SMARTS) is 1. The second-order valence-electron chi connectivity index (χ2n) is 5.28. The minimum absolute atomic E-state index is 0. The van der Waals surface area contributed by atoms with Gasteiger partial charge in [0.25, 0.3) is 0 Å². The van der Waals surface area contributed by atoms with E-state index in [2.05, 4.69) is 14.3 Å². The average Bonchev–Trinajstić information content (AvgIpc) is 2.96. The van der Waals surface area contributed by atoms with E-state index in [0.29, 0.717) is 16.6 Å². The number of aromatic nitrogens is 4. The summed E-state index contributed by atoms with van der Waals surface area (Å²) in [6.07, 6.45) is 1.20. The van der Waals surface area contributed by atoms with E-state index in [1.54, 1.807) is 25.9 Å². The number of carbonyl (C=O) groups is 1. The van der Waals surface area contributed by atoms with Crippen LogP contribution in [0, 0.1) is 6.92 Å². The Morgan fingerprint density at radius 2 is 2.04 bits per heavy atom. The summed E-state index contributed by atoms with van der Waals surface area (Å²) in [6, 6.07) is 1.52. The van der Waals surface area contributed by atoms with E-state index in [9.17, 15) is 14.7 Å². The second kappa shape index (κ2) is 6.95. The molecule has 0 spiro atoms. The molecule has 0 aliphatic carbocycles. The molecule has 0 saturated heterocycles. The summed E-state index contributed by atoms with van der Waals surface area (Å²) >= 11 is 7.08. The standard InChI is InChI=1S/C14H12ClN5O3S.ClH/c1-6-4-8(15)16-11-9(6)10(21)7(12(22)23)5-20(11)14-17-13(18-24-14)19(2)3;/h4-5H,1-3H3,(H,22,23);1H. The smallest absolute Gasteiger partial charge is 0.341 e. The third-order valence-electron chi connectivity index (χ3n) is 3.37. The third-order valence-corrected chi connectivity index (χ3v) is 4.26. The number of rotatable bonds is 3. The number of pyridine rings is 2. The Morgan fingerprint density at radius 3 is 2.60 bits per heavy atom. The van der Waals surface area contributed by atoms with Crippen molar-refractivity contribution in [2.45, 2.75) is 6.92 Å². The van der Waals surface area contributed by atoms with Crippen molar-refractivity contribution < 1.29 is 9.90 Å². The number of hydrogen-bond acceptors (Lipinski definition) is 7. The van der Waals surface area contributed by atoms with Gasteiger partial charge in [0.05, 0.1) is 5.39 Å². The summed E-state index contributed by atoms with van der Waals surface area (Å²) in [4.78, 5) is 34.2. The van der Waals surface area contributed by atoms with Crippen LogP contribution in [0.4, 0.5) is 5.95 Å². The zero-order chi connectivity index (χ0) is 17.6. The van der Waals surface area contributed by atoms with Crippen molar-refractivity contribution in [1.82, 2.24) is 18.9 Å². The Morgan fingerprint density at radius 1 is 1.36 bits per heavy atom. The summed E-state index contributed by atoms with van der Waals surface area (Å²) in [7, 11) is 3.58. The lowest BCUT2D eigenvalue weighted by atomic mass is 10.1. The van der Waals surface area contributed by atoms with Gasteiger partial charge in [-0.25, -0.2) is 9.78 Å². The van der Waals surface area contributed by atoms with E-state index in [0.717, 1.165) is 11.5 Å². The van der Waals surface area contributed by atoms with Gasteiger partial charge in [0.15, 0.2) is 5.65 Å². The molecule has 0 unspecified atom stereocenters. The topological polar surface area (TPSA) is 101 Å². The van der Waals surface area contributed by atoms with Crippen molar-refractivity contribution in [3.8, 4) is 5.13 Å². The molecule has 0 amide bonds. The molecule has 0 aliphatic rings. The fourth-order valence-electron chi connectivity index (χ4n) is 2.24. The molecule has 0 atom stereocenters. The van der Waals surface area contributed by atoms with Crippen LogP contribution in [-0.4, -0.2) is 44.1 Å². The SMILES string of the molecule is Cc1cc(Cl)nc2c1c(=O)c(C(=O)O)cn2-c1nc(N(C)C)ns1.Cl. The van der Waals surface area contributed by atoms with Crippen molar-refractivity contribution in [3.63, 3.8) is 0 Å². The molecule has 3 aromatic rings. The normalized spacial score (nSPS) is 10.6. The minimum Gasteiger partial charge on any atom is -0.477 e. The molecule has 11 heteroatoms. The van der Waals surface area contributed by atoms with Gasteiger partial charge in [-0.15, -0.1) is 12.4 Å². The number of halogens is 2. The Kier molecular flexibility index (Phi) is 5.31. The van der Waals surface area contributed by atoms with Crippen LogP contribution in [0.15, 0.2) is 17.1 Å². The number of aromatic carboxylic acids is 1. The molecule has 132 valence electrons. The Bertz CT molecular complexity index is 1030. The highest BCUT2D eigenvalue weighted by Gasteiger charge is 2.20. The fourth-order valence-corrected chi connectivity index (χ4v) is 3.20. The average molecular weight is 402 g/mol. The maximum absolute atomic E-state index is 12.5. The van der Waals surface area contributed by atoms with E-state index in [-0.39, 0.29) is 34.2 Å². The molecule has 8 nitrogen and oxygen atoms in total. The van der Waals surface area contributed by atoms with Crippen LogP contribution >= 0.6 is 35.5 Å². The molecule has 0 radical (unpaired) electrons. The predicted octanol–water partition coefficient (Wildman–Crippen LogP) is 2.39. The maximum atomic E-state index is 12.5. The Labute approximate surface area is 157 Å². The first kappa shape index (κ1) is 19.1. The van der Waals surface area contributed by atoms with Gasteiger partial charge in [0.1, 0.15) is 10.7 Å². The van der Waals surface area contributed by atoms with Crippen LogP contribution in [0.2, 0.25) is 5.15 Å². The molecule has 25 heavy (non-hydrogen) atoms. The molecule has 0 fully saturated rings. The lowest BCUT2D eigenvalue weighted by Gasteiger charge is -2.10. The number of anilines is 1. The summed E-state index contributed by atoms with van der Waals surface area (Å²) in [5, 5.41) is 10.1. The summed E-state index contributed by atoms with van der Waals surface area (Å²) in [5.74, 6) is -0.847. The molecule has 0 saturated carbocycles. The van der Waals surface area contributed by atoms with E-state index in [1.165, 1.54) is 16.8 Å². The Hall–Kier alpha value is -2.23. The minimum atomic E-state index is -1.32. The monoisotopic (exact) mass is 401 g/mol. The predicted molar refractivity (Wildman–Crippen MR) is 99.1 cm³/mol. The zero-order valence-electron chi connectivity index (χ0n) is 13.3. The molecule has 0 aliphatic heterocycles. The number of aryl methyl sites for hydroxylation is 1. The van der Waals surface area contributed by atoms with Crippen LogP contribution in [0.3, 0.4) is 0 Å². The van der Waals surface area contributed by atoms with Gasteiger partial charge in [-0.2, -0.15) is 9.36 Å². The van der Waals surface area contributed by atoms with Gasteiger partial charge in [-0.1, -0.05) is 11.6 Å². The molecular formula is C14H13Cl2N5O3S. The van der Waals surface area contributed by atoms with Gasteiger partial charge in [0.2, 0.25) is 16.5 Å². The van der Waals surface area contributed by atoms with Crippen LogP contribution in [0.1, 0.15) is 15.9 Å². The highest BCUT2D eigenvalue weighted by atomic mass is 35.5. The largest absolute Gasteiger partial charge is 0.477 e. The first-order chi connectivity index (χ1) is 11.3. The van der Waals surface area contributed by atoms with Crippen molar-refractivity contribution in [3.05, 3.63) is 38.8 Å². The van der Waals surface area contributed by atoms with Crippen LogP contribution in [-0.2, 0) is 0 Å². The lowest BCUT2D eigenvalue weighted by molar-refractivity contribution is 0.0695. The van der Waals surface area contributed by atoms with Crippen molar-refractivity contribution in [2.24, 2.45) is 0 Å². The number of fused-ring (bicyclic) bond motifs is 1. The fraction of sp³-hybridized carbons (Fsp3) is 0.214. The van der Waals surface area contributed by atoms with E-state index in [4.69, 9.17) is 11.6 Å². The second-order valence-corrected chi connectivity index (χ2v) is 6.40. The Balaban J connectivity index is 0.00000225. The van der Waals surface area contributed by atoms with Crippen molar-refractivity contribution in [2.75, 3.05) is 19.0 Å². The zero-order valence-corrected chi connectivity index (χ0v) is 15.7. The molecule has 0 bridgehead atoms. The van der Waals surface area contributed by atoms with Crippen LogP contribution < -0.4 is 10.3 Å². The summed E-state index contributed by atoms with van der Waals surface area (Å²) in [6.45, 7) is 1.68. The van der Waals surface area contributed by atoms with Crippen LogP contribution in [0.25, 0.3) is 16.2 Å². The summed E-state index contributed by atoms with van der Waals surface area (Å²) in [5.41, 5.74) is -0.176. The molecular weight excluding hydrogens is 389 g/mol. The molecule has 3 heterocycles. The highest BCUT2D eigenvalue weighted by Crippen LogP contribution is 2.23. The number of carboxylic acids is 1. The first-order valence-electron chi connectivity index (χ1n) is 6.77. The number of hydrogen-bond donors (Lipinski definition) is 1. The van der Waals surface area contributed by atoms with Crippen molar-refractivity contribution >= 4 is 58.5 Å². The van der Waals surface area contributed by atoms with E-state index < -0.39 is 11.4 Å². The maximum Gasteiger partial charge on any atom is 0.341 e. The van der Waals surface area contributed by atoms with Crippen LogP contribution in [0.5, 0.6) is 0 Å². The molecule has 3 rings (SSSR count). The third kappa shape index (κ3) is 3.30. The lowest BCUT2D eigenvalue weighted by Crippen LogP contribution is -2.20. The van der Waals surface area contributed by atoms with Gasteiger partial charge >= 0.3 is 5.97 Å². The molecule has 1 N–H and O–H groups in total. The first-order valence-corrected chi connectivity index (χ1v) is 7.92. The molecule has 3 aromatic heterocycles. The molecule has 0 aromatic carbocycles. The van der Waals surface area contributed by atoms with Gasteiger partial charge < -0.3 is 10.0 Å². The van der Waals surface area contributed by atoms with E-state index >= 15 is 0 Å². The highest BCUT2D eigenvalue weighted by molar-refractivity contribution is 7.08. The summed E-state index contributed by atoms with van der Waals surface area (Å²) < 4.78 is 5.62. The van der Waals surface area contributed by atoms with Crippen molar-refractivity contribution in [1.29, 1.82) is 0 Å². The quantitative estimate of drug-likeness (QED) is 0.672. The van der Waals surface area contributed by atoms with Gasteiger partial charge in [0, 0.05) is 31.8 Å². The van der Waals surface area contributed by atoms with Gasteiger partial charge in [-0.3, -0.25) is 9.36 Å².